The zero-order valence-electron chi connectivity index (χ0n) is 12.4. The Morgan fingerprint density at radius 2 is 1.90 bits per heavy atom. The number of aromatic nitrogens is 1. The van der Waals surface area contributed by atoms with Crippen LogP contribution in [0.3, 0.4) is 0 Å². The van der Waals surface area contributed by atoms with Crippen LogP contribution in [0.15, 0.2) is 23.7 Å². The van der Waals surface area contributed by atoms with E-state index >= 15 is 0 Å². The van der Waals surface area contributed by atoms with Gasteiger partial charge in [0.1, 0.15) is 5.82 Å². The molecule has 3 N–H and O–H groups in total. The van der Waals surface area contributed by atoms with Crippen LogP contribution in [-0.2, 0) is 9.31 Å². The van der Waals surface area contributed by atoms with Crippen LogP contribution in [0.25, 0.3) is 6.08 Å². The Morgan fingerprint density at radius 1 is 1.30 bits per heavy atom. The maximum Gasteiger partial charge on any atom is 0.492 e. The highest BCUT2D eigenvalue weighted by atomic mass is 16.7. The number of pyridine rings is 1. The highest BCUT2D eigenvalue weighted by Gasteiger charge is 2.52. The molecule has 0 aromatic carbocycles. The zero-order chi connectivity index (χ0) is 15.0. The first-order valence-corrected chi connectivity index (χ1v) is 6.65. The third-order valence-electron chi connectivity index (χ3n) is 3.86. The topological polar surface area (TPSA) is 77.6 Å². The van der Waals surface area contributed by atoms with Crippen LogP contribution in [-0.4, -0.2) is 35.0 Å². The molecule has 1 aliphatic heterocycles. The van der Waals surface area contributed by atoms with Gasteiger partial charge in [-0.2, -0.15) is 0 Å². The summed E-state index contributed by atoms with van der Waals surface area (Å²) in [5.74, 6) is 0.435. The Hall–Kier alpha value is -1.37. The van der Waals surface area contributed by atoms with Crippen molar-refractivity contribution in [1.29, 1.82) is 0 Å². The van der Waals surface area contributed by atoms with Gasteiger partial charge in [-0.3, -0.25) is 0 Å². The lowest BCUT2D eigenvalue weighted by molar-refractivity contribution is 0.00578. The molecule has 0 bridgehead atoms. The molecule has 0 atom stereocenters. The minimum absolute atomic E-state index is 0.159. The molecule has 2 heterocycles. The fourth-order valence-corrected chi connectivity index (χ4v) is 1.92. The molecule has 0 unspecified atom stereocenters. The Labute approximate surface area is 119 Å². The molecular weight excluding hydrogens is 255 g/mol. The molecule has 0 radical (unpaired) electrons. The zero-order valence-corrected chi connectivity index (χ0v) is 12.4. The van der Waals surface area contributed by atoms with Gasteiger partial charge in [0.15, 0.2) is 0 Å². The molecule has 1 fully saturated rings. The van der Waals surface area contributed by atoms with E-state index in [0.717, 1.165) is 0 Å². The predicted octanol–water partition coefficient (Wildman–Crippen LogP) is 1.67. The number of anilines is 1. The van der Waals surface area contributed by atoms with E-state index in [1.165, 1.54) is 0 Å². The van der Waals surface area contributed by atoms with Crippen LogP contribution in [0.5, 0.6) is 0 Å². The predicted molar refractivity (Wildman–Crippen MR) is 79.8 cm³/mol. The molecule has 0 aliphatic carbocycles. The van der Waals surface area contributed by atoms with Crippen LogP contribution in [0, 0.1) is 0 Å². The molecule has 6 heteroatoms. The highest BCUT2D eigenvalue weighted by Crippen LogP contribution is 2.38. The van der Waals surface area contributed by atoms with Crippen molar-refractivity contribution in [3.05, 3.63) is 29.4 Å². The van der Waals surface area contributed by atoms with Crippen molar-refractivity contribution < 1.29 is 14.4 Å². The van der Waals surface area contributed by atoms with Crippen LogP contribution in [0.4, 0.5) is 5.82 Å². The number of nitrogens with zero attached hydrogens (tertiary/aromatic N) is 1. The van der Waals surface area contributed by atoms with Crippen LogP contribution < -0.4 is 5.73 Å². The first-order chi connectivity index (χ1) is 9.25. The largest absolute Gasteiger partial charge is 0.492 e. The Bertz CT molecular complexity index is 513. The van der Waals surface area contributed by atoms with Crippen molar-refractivity contribution in [2.45, 2.75) is 38.9 Å². The highest BCUT2D eigenvalue weighted by molar-refractivity contribution is 6.55. The number of rotatable bonds is 3. The summed E-state index contributed by atoms with van der Waals surface area (Å²) in [6.07, 6.45) is 1.75. The van der Waals surface area contributed by atoms with E-state index < -0.39 is 18.3 Å². The Morgan fingerprint density at radius 3 is 2.40 bits per heavy atom. The van der Waals surface area contributed by atoms with Crippen molar-refractivity contribution in [2.75, 3.05) is 12.3 Å². The van der Waals surface area contributed by atoms with Gasteiger partial charge in [-0.15, -0.1) is 0 Å². The molecule has 0 saturated carbocycles. The van der Waals surface area contributed by atoms with Crippen LogP contribution in [0.2, 0.25) is 0 Å². The molecule has 1 aromatic rings. The number of aliphatic hydroxyl groups is 1. The van der Waals surface area contributed by atoms with E-state index in [4.69, 9.17) is 15.0 Å². The fraction of sp³-hybridized carbons (Fsp3) is 0.500. The molecule has 1 aromatic heterocycles. The summed E-state index contributed by atoms with van der Waals surface area (Å²) in [4.78, 5) is 4.18. The van der Waals surface area contributed by atoms with Crippen molar-refractivity contribution in [3.63, 3.8) is 0 Å². The van der Waals surface area contributed by atoms with Gasteiger partial charge in [0, 0.05) is 0 Å². The smallest absolute Gasteiger partial charge is 0.400 e. The van der Waals surface area contributed by atoms with Crippen LogP contribution >= 0.6 is 0 Å². The van der Waals surface area contributed by atoms with Crippen LogP contribution in [0.1, 0.15) is 33.4 Å². The second kappa shape index (κ2) is 5.20. The molecule has 108 valence electrons. The summed E-state index contributed by atoms with van der Waals surface area (Å²) >= 11 is 0. The lowest BCUT2D eigenvalue weighted by Gasteiger charge is -2.32. The van der Waals surface area contributed by atoms with E-state index in [-0.39, 0.29) is 6.61 Å². The van der Waals surface area contributed by atoms with Gasteiger partial charge >= 0.3 is 7.12 Å². The van der Waals surface area contributed by atoms with Gasteiger partial charge < -0.3 is 20.1 Å². The van der Waals surface area contributed by atoms with Crippen molar-refractivity contribution in [1.82, 2.24) is 4.98 Å². The second-order valence-corrected chi connectivity index (χ2v) is 5.95. The average molecular weight is 276 g/mol. The average Bonchev–Trinajstić information content (AvgIpc) is 2.55. The van der Waals surface area contributed by atoms with Crippen molar-refractivity contribution in [3.8, 4) is 0 Å². The maximum atomic E-state index is 9.57. The Kier molecular flexibility index (Phi) is 3.91. The summed E-state index contributed by atoms with van der Waals surface area (Å²) < 4.78 is 11.8. The Balaban J connectivity index is 2.26. The number of nitrogen functional groups attached to an aromatic ring is 1. The standard InChI is InChI=1S/C14H21BN2O3/c1-13(2)14(3,4)20-15(19-13)10(9-18)8-11-6-5-7-12(16)17-11/h5-8,18H,9H2,1-4H3,(H2,16,17). The summed E-state index contributed by atoms with van der Waals surface area (Å²) in [5, 5.41) is 9.57. The number of hydrogen-bond acceptors (Lipinski definition) is 5. The first-order valence-electron chi connectivity index (χ1n) is 6.65. The van der Waals surface area contributed by atoms with Gasteiger partial charge in [-0.25, -0.2) is 4.98 Å². The normalized spacial score (nSPS) is 21.2. The lowest BCUT2D eigenvalue weighted by Crippen LogP contribution is -2.41. The summed E-state index contributed by atoms with van der Waals surface area (Å²) in [6.45, 7) is 7.73. The van der Waals surface area contributed by atoms with E-state index in [1.54, 1.807) is 12.1 Å². The quantitative estimate of drug-likeness (QED) is 0.821. The maximum absolute atomic E-state index is 9.57. The number of nitrogens with two attached hydrogens (primary N) is 1. The van der Waals surface area contributed by atoms with E-state index in [0.29, 0.717) is 17.0 Å². The number of hydrogen-bond donors (Lipinski definition) is 2. The minimum atomic E-state index is -0.576. The fourth-order valence-electron chi connectivity index (χ4n) is 1.92. The minimum Gasteiger partial charge on any atom is -0.400 e. The van der Waals surface area contributed by atoms with E-state index in [1.807, 2.05) is 39.8 Å². The summed E-state index contributed by atoms with van der Waals surface area (Å²) in [5.41, 5.74) is 6.08. The molecular formula is C14H21BN2O3. The second-order valence-electron chi connectivity index (χ2n) is 5.95. The molecule has 20 heavy (non-hydrogen) atoms. The summed E-state index contributed by atoms with van der Waals surface area (Å²) in [6, 6.07) is 5.34. The number of aliphatic hydroxyl groups excluding tert-OH is 1. The van der Waals surface area contributed by atoms with Gasteiger partial charge in [0.2, 0.25) is 0 Å². The van der Waals surface area contributed by atoms with E-state index in [9.17, 15) is 5.11 Å². The molecule has 0 spiro atoms. The summed E-state index contributed by atoms with van der Waals surface area (Å²) in [7, 11) is -0.576. The van der Waals surface area contributed by atoms with Gasteiger partial charge in [0.05, 0.1) is 23.5 Å². The van der Waals surface area contributed by atoms with Gasteiger partial charge in [0.25, 0.3) is 0 Å². The van der Waals surface area contributed by atoms with E-state index in [2.05, 4.69) is 4.98 Å². The van der Waals surface area contributed by atoms with Gasteiger partial charge in [-0.05, 0) is 51.4 Å². The molecule has 1 aliphatic rings. The third-order valence-corrected chi connectivity index (χ3v) is 3.86. The molecule has 1 saturated heterocycles. The molecule has 2 rings (SSSR count). The monoisotopic (exact) mass is 276 g/mol. The van der Waals surface area contributed by atoms with Crippen molar-refractivity contribution in [2.24, 2.45) is 0 Å². The third kappa shape index (κ3) is 2.87. The SMILES string of the molecule is CC1(C)OB(C(=Cc2cccc(N)n2)CO)OC1(C)C. The molecule has 0 amide bonds. The first kappa shape index (κ1) is 15.0. The van der Waals surface area contributed by atoms with Crippen molar-refractivity contribution >= 4 is 19.0 Å². The molecule has 5 nitrogen and oxygen atoms in total. The van der Waals surface area contributed by atoms with Gasteiger partial charge in [-0.1, -0.05) is 6.07 Å². The lowest BCUT2D eigenvalue weighted by atomic mass is 9.78.